The molecule has 2 aromatic carbocycles. The Bertz CT molecular complexity index is 1050. The van der Waals surface area contributed by atoms with E-state index in [1.165, 1.54) is 10.7 Å². The van der Waals surface area contributed by atoms with Crippen LogP contribution >= 0.6 is 39.1 Å². The predicted octanol–water partition coefficient (Wildman–Crippen LogP) is 4.55. The summed E-state index contributed by atoms with van der Waals surface area (Å²) >= 11 is 15.4. The fourth-order valence-corrected chi connectivity index (χ4v) is 3.10. The van der Waals surface area contributed by atoms with Crippen molar-refractivity contribution >= 4 is 62.3 Å². The second kappa shape index (κ2) is 8.72. The molecule has 0 atom stereocenters. The van der Waals surface area contributed by atoms with E-state index in [0.29, 0.717) is 27.1 Å². The normalized spacial score (nSPS) is 10.6. The Morgan fingerprint density at radius 2 is 1.86 bits per heavy atom. The van der Waals surface area contributed by atoms with Gasteiger partial charge in [0.1, 0.15) is 6.54 Å². The minimum atomic E-state index is -0.501. The van der Waals surface area contributed by atoms with Crippen molar-refractivity contribution in [2.24, 2.45) is 0 Å². The standard InChI is InChI=1S/C18H14BrCl2N5O2/c1-10-17(18(28)23-15-8-11(20)6-7-13(15)21)24-25-26(10)9-16(27)22-14-5-3-2-4-12(14)19/h2-8H,9H2,1H3,(H,22,27)(H,23,28). The van der Waals surface area contributed by atoms with Crippen LogP contribution in [-0.4, -0.2) is 26.8 Å². The van der Waals surface area contributed by atoms with Gasteiger partial charge in [0, 0.05) is 9.50 Å². The van der Waals surface area contributed by atoms with Crippen LogP contribution in [0.5, 0.6) is 0 Å². The topological polar surface area (TPSA) is 88.9 Å². The number of benzene rings is 2. The number of carbonyl (C=O) groups is 2. The number of aromatic nitrogens is 3. The van der Waals surface area contributed by atoms with Gasteiger partial charge in [-0.15, -0.1) is 5.10 Å². The molecule has 144 valence electrons. The SMILES string of the molecule is Cc1c(C(=O)Nc2cc(Cl)ccc2Cl)nnn1CC(=O)Nc1ccccc1Br. The summed E-state index contributed by atoms with van der Waals surface area (Å²) in [5, 5.41) is 14.0. The van der Waals surface area contributed by atoms with Crippen molar-refractivity contribution in [3.8, 4) is 0 Å². The zero-order valence-corrected chi connectivity index (χ0v) is 17.6. The van der Waals surface area contributed by atoms with Crippen LogP contribution in [0.15, 0.2) is 46.9 Å². The first-order chi connectivity index (χ1) is 13.3. The smallest absolute Gasteiger partial charge is 0.278 e. The third-order valence-corrected chi connectivity index (χ3v) is 5.07. The number of nitrogens with zero attached hydrogens (tertiary/aromatic N) is 3. The van der Waals surface area contributed by atoms with E-state index in [9.17, 15) is 9.59 Å². The van der Waals surface area contributed by atoms with Gasteiger partial charge in [-0.05, 0) is 53.2 Å². The molecule has 1 aromatic heterocycles. The first-order valence-electron chi connectivity index (χ1n) is 8.06. The van der Waals surface area contributed by atoms with Gasteiger partial charge >= 0.3 is 0 Å². The Morgan fingerprint density at radius 1 is 1.11 bits per heavy atom. The summed E-state index contributed by atoms with van der Waals surface area (Å²) in [6.45, 7) is 1.56. The summed E-state index contributed by atoms with van der Waals surface area (Å²) in [4.78, 5) is 24.8. The van der Waals surface area contributed by atoms with Crippen LogP contribution in [0.25, 0.3) is 0 Å². The molecule has 28 heavy (non-hydrogen) atoms. The van der Waals surface area contributed by atoms with Crippen molar-refractivity contribution in [2.45, 2.75) is 13.5 Å². The van der Waals surface area contributed by atoms with E-state index in [-0.39, 0.29) is 18.1 Å². The maximum Gasteiger partial charge on any atom is 0.278 e. The van der Waals surface area contributed by atoms with Crippen molar-refractivity contribution in [3.05, 3.63) is 68.4 Å². The molecule has 2 N–H and O–H groups in total. The molecule has 0 saturated carbocycles. The number of halogens is 3. The Hall–Kier alpha value is -2.42. The molecular formula is C18H14BrCl2N5O2. The lowest BCUT2D eigenvalue weighted by molar-refractivity contribution is -0.117. The number of rotatable bonds is 5. The quantitative estimate of drug-likeness (QED) is 0.558. The molecule has 0 aliphatic carbocycles. The van der Waals surface area contributed by atoms with Crippen molar-refractivity contribution in [1.29, 1.82) is 0 Å². The van der Waals surface area contributed by atoms with E-state index in [0.717, 1.165) is 4.47 Å². The number of anilines is 2. The highest BCUT2D eigenvalue weighted by Crippen LogP contribution is 2.26. The van der Waals surface area contributed by atoms with Crippen LogP contribution in [0, 0.1) is 6.92 Å². The number of hydrogen-bond donors (Lipinski definition) is 2. The molecule has 0 saturated heterocycles. The minimum absolute atomic E-state index is 0.0877. The van der Waals surface area contributed by atoms with Crippen LogP contribution in [0.3, 0.4) is 0 Å². The Labute approximate surface area is 179 Å². The van der Waals surface area contributed by atoms with Gasteiger partial charge in [-0.2, -0.15) is 0 Å². The third kappa shape index (κ3) is 4.70. The molecule has 0 aliphatic heterocycles. The van der Waals surface area contributed by atoms with Crippen LogP contribution in [0.1, 0.15) is 16.2 Å². The molecule has 0 bridgehead atoms. The van der Waals surface area contributed by atoms with Crippen LogP contribution in [0.4, 0.5) is 11.4 Å². The van der Waals surface area contributed by atoms with Gasteiger partial charge in [-0.25, -0.2) is 4.68 Å². The van der Waals surface area contributed by atoms with Crippen molar-refractivity contribution in [2.75, 3.05) is 10.6 Å². The Morgan fingerprint density at radius 3 is 2.61 bits per heavy atom. The highest BCUT2D eigenvalue weighted by molar-refractivity contribution is 9.10. The van der Waals surface area contributed by atoms with Gasteiger partial charge in [0.15, 0.2) is 5.69 Å². The molecule has 0 aliphatic rings. The first kappa shape index (κ1) is 20.3. The maximum atomic E-state index is 12.5. The van der Waals surface area contributed by atoms with Crippen molar-refractivity contribution in [1.82, 2.24) is 15.0 Å². The highest BCUT2D eigenvalue weighted by atomic mass is 79.9. The van der Waals surface area contributed by atoms with Gasteiger partial charge in [-0.1, -0.05) is 40.5 Å². The van der Waals surface area contributed by atoms with E-state index in [1.807, 2.05) is 18.2 Å². The molecule has 10 heteroatoms. The highest BCUT2D eigenvalue weighted by Gasteiger charge is 2.19. The zero-order valence-electron chi connectivity index (χ0n) is 14.5. The van der Waals surface area contributed by atoms with E-state index in [4.69, 9.17) is 23.2 Å². The van der Waals surface area contributed by atoms with E-state index in [1.54, 1.807) is 25.1 Å². The lowest BCUT2D eigenvalue weighted by atomic mass is 10.2. The average molecular weight is 483 g/mol. The molecule has 2 amide bonds. The lowest BCUT2D eigenvalue weighted by Gasteiger charge is -2.08. The number of carbonyl (C=O) groups excluding carboxylic acids is 2. The summed E-state index contributed by atoms with van der Waals surface area (Å²) in [6.07, 6.45) is 0. The Balaban J connectivity index is 1.71. The molecule has 1 heterocycles. The molecule has 0 unspecified atom stereocenters. The number of amides is 2. The average Bonchev–Trinajstić information content (AvgIpc) is 3.00. The fraction of sp³-hybridized carbons (Fsp3) is 0.111. The third-order valence-electron chi connectivity index (χ3n) is 3.82. The zero-order chi connectivity index (χ0) is 20.3. The number of nitrogens with one attached hydrogen (secondary N) is 2. The van der Waals surface area contributed by atoms with E-state index >= 15 is 0 Å². The molecule has 0 spiro atoms. The summed E-state index contributed by atoms with van der Waals surface area (Å²) in [5.41, 5.74) is 1.53. The second-order valence-corrected chi connectivity index (χ2v) is 7.49. The van der Waals surface area contributed by atoms with Crippen LogP contribution < -0.4 is 10.6 Å². The fourth-order valence-electron chi connectivity index (χ4n) is 2.38. The predicted molar refractivity (Wildman–Crippen MR) is 112 cm³/mol. The molecular weight excluding hydrogens is 469 g/mol. The molecule has 3 aromatic rings. The number of hydrogen-bond acceptors (Lipinski definition) is 4. The van der Waals surface area contributed by atoms with Gasteiger partial charge in [0.2, 0.25) is 5.91 Å². The summed E-state index contributed by atoms with van der Waals surface area (Å²) in [5.74, 6) is -0.802. The van der Waals surface area contributed by atoms with Crippen molar-refractivity contribution in [3.63, 3.8) is 0 Å². The van der Waals surface area contributed by atoms with Crippen molar-refractivity contribution < 1.29 is 9.59 Å². The first-order valence-corrected chi connectivity index (χ1v) is 9.61. The molecule has 7 nitrogen and oxygen atoms in total. The largest absolute Gasteiger partial charge is 0.323 e. The molecule has 0 radical (unpaired) electrons. The van der Waals surface area contributed by atoms with Gasteiger partial charge in [0.05, 0.1) is 22.1 Å². The summed E-state index contributed by atoms with van der Waals surface area (Å²) in [7, 11) is 0. The summed E-state index contributed by atoms with van der Waals surface area (Å²) < 4.78 is 2.11. The van der Waals surface area contributed by atoms with Gasteiger partial charge in [0.25, 0.3) is 5.91 Å². The molecule has 0 fully saturated rings. The van der Waals surface area contributed by atoms with E-state index in [2.05, 4.69) is 36.9 Å². The maximum absolute atomic E-state index is 12.5. The monoisotopic (exact) mass is 481 g/mol. The second-order valence-electron chi connectivity index (χ2n) is 5.79. The Kier molecular flexibility index (Phi) is 6.33. The lowest BCUT2D eigenvalue weighted by Crippen LogP contribution is -2.21. The van der Waals surface area contributed by atoms with Gasteiger partial charge < -0.3 is 10.6 Å². The van der Waals surface area contributed by atoms with Gasteiger partial charge in [-0.3, -0.25) is 9.59 Å². The number of para-hydroxylation sites is 1. The van der Waals surface area contributed by atoms with Crippen LogP contribution in [-0.2, 0) is 11.3 Å². The summed E-state index contributed by atoms with van der Waals surface area (Å²) in [6, 6.07) is 12.0. The van der Waals surface area contributed by atoms with Crippen LogP contribution in [0.2, 0.25) is 10.0 Å². The molecule has 3 rings (SSSR count). The van der Waals surface area contributed by atoms with E-state index < -0.39 is 5.91 Å². The minimum Gasteiger partial charge on any atom is -0.323 e.